The highest BCUT2D eigenvalue weighted by Gasteiger charge is 2.36. The van der Waals surface area contributed by atoms with Gasteiger partial charge in [0, 0.05) is 29.3 Å². The van der Waals surface area contributed by atoms with E-state index < -0.39 is 11.9 Å². The maximum absolute atomic E-state index is 12.2. The van der Waals surface area contributed by atoms with Gasteiger partial charge in [0.25, 0.3) is 0 Å². The van der Waals surface area contributed by atoms with Gasteiger partial charge in [-0.05, 0) is 44.2 Å². The molecule has 0 bridgehead atoms. The van der Waals surface area contributed by atoms with Crippen LogP contribution in [0.1, 0.15) is 35.1 Å². The first-order chi connectivity index (χ1) is 9.88. The summed E-state index contributed by atoms with van der Waals surface area (Å²) in [6.45, 7) is 7.07. The molecule has 1 saturated heterocycles. The quantitative estimate of drug-likeness (QED) is 0.910. The summed E-state index contributed by atoms with van der Waals surface area (Å²) < 4.78 is 0. The predicted molar refractivity (Wildman–Crippen MR) is 83.6 cm³/mol. The Morgan fingerprint density at radius 3 is 2.62 bits per heavy atom. The summed E-state index contributed by atoms with van der Waals surface area (Å²) in [7, 11) is 0. The van der Waals surface area contributed by atoms with Crippen molar-refractivity contribution in [3.63, 3.8) is 0 Å². The van der Waals surface area contributed by atoms with E-state index in [1.54, 1.807) is 16.2 Å². The van der Waals surface area contributed by atoms with Gasteiger partial charge in [0.2, 0.25) is 5.91 Å². The fourth-order valence-corrected chi connectivity index (χ4v) is 3.99. The number of carboxylic acid groups (broad SMARTS) is 1. The second-order valence-corrected chi connectivity index (χ2v) is 7.47. The van der Waals surface area contributed by atoms with Crippen LogP contribution in [0.3, 0.4) is 0 Å². The zero-order valence-corrected chi connectivity index (χ0v) is 13.7. The molecule has 1 aliphatic rings. The van der Waals surface area contributed by atoms with Gasteiger partial charge in [-0.2, -0.15) is 0 Å². The van der Waals surface area contributed by atoms with Gasteiger partial charge in [-0.1, -0.05) is 6.92 Å². The fraction of sp³-hybridized carbons (Fsp3) is 0.625. The molecular formula is C16H23NO3S. The molecule has 1 fully saturated rings. The Morgan fingerprint density at radius 1 is 1.38 bits per heavy atom. The number of carbonyl (C=O) groups is 2. The number of aliphatic carboxylic acids is 1. The van der Waals surface area contributed by atoms with E-state index in [2.05, 4.69) is 19.9 Å². The van der Waals surface area contributed by atoms with Gasteiger partial charge in [-0.25, -0.2) is 0 Å². The highest BCUT2D eigenvalue weighted by molar-refractivity contribution is 7.12. The SMILES string of the molecule is Cc1cc(CCCC(=O)N2C[C@@H](C)[C@H](C(=O)O)C2)c(C)s1. The number of hydrogen-bond donors (Lipinski definition) is 1. The Morgan fingerprint density at radius 2 is 2.10 bits per heavy atom. The maximum atomic E-state index is 12.2. The third kappa shape index (κ3) is 3.84. The van der Waals surface area contributed by atoms with E-state index in [0.29, 0.717) is 19.5 Å². The number of carbonyl (C=O) groups excluding carboxylic acids is 1. The third-order valence-electron chi connectivity index (χ3n) is 4.26. The Bertz CT molecular complexity index is 538. The number of thiophene rings is 1. The van der Waals surface area contributed by atoms with Crippen molar-refractivity contribution in [2.24, 2.45) is 11.8 Å². The largest absolute Gasteiger partial charge is 0.481 e. The molecule has 2 heterocycles. The number of carboxylic acids is 1. The van der Waals surface area contributed by atoms with E-state index >= 15 is 0 Å². The number of likely N-dealkylation sites (tertiary alicyclic amines) is 1. The maximum Gasteiger partial charge on any atom is 0.308 e. The van der Waals surface area contributed by atoms with Crippen LogP contribution in [-0.4, -0.2) is 35.0 Å². The van der Waals surface area contributed by atoms with Crippen LogP contribution in [0.25, 0.3) is 0 Å². The topological polar surface area (TPSA) is 57.6 Å². The molecule has 1 N–H and O–H groups in total. The van der Waals surface area contributed by atoms with E-state index in [1.165, 1.54) is 15.3 Å². The first kappa shape index (κ1) is 16.0. The lowest BCUT2D eigenvalue weighted by atomic mass is 9.99. The lowest BCUT2D eigenvalue weighted by molar-refractivity contribution is -0.142. The summed E-state index contributed by atoms with van der Waals surface area (Å²) in [5, 5.41) is 9.10. The van der Waals surface area contributed by atoms with Crippen LogP contribution in [0.4, 0.5) is 0 Å². The molecule has 2 atom stereocenters. The first-order valence-electron chi connectivity index (χ1n) is 7.45. The minimum atomic E-state index is -0.790. The molecule has 0 spiro atoms. The molecule has 1 aromatic heterocycles. The molecule has 5 heteroatoms. The van der Waals surface area contributed by atoms with Gasteiger partial charge in [0.05, 0.1) is 5.92 Å². The standard InChI is InChI=1S/C16H23NO3S/c1-10-8-17(9-14(10)16(19)20)15(18)6-4-5-13-7-11(2)21-12(13)3/h7,10,14H,4-6,8-9H2,1-3H3,(H,19,20)/t10-,14-/m1/s1. The van der Waals surface area contributed by atoms with Crippen LogP contribution >= 0.6 is 11.3 Å². The minimum Gasteiger partial charge on any atom is -0.481 e. The van der Waals surface area contributed by atoms with E-state index in [9.17, 15) is 9.59 Å². The van der Waals surface area contributed by atoms with Crippen molar-refractivity contribution in [2.75, 3.05) is 13.1 Å². The first-order valence-corrected chi connectivity index (χ1v) is 8.26. The molecule has 1 aliphatic heterocycles. The summed E-state index contributed by atoms with van der Waals surface area (Å²) in [5.41, 5.74) is 1.34. The highest BCUT2D eigenvalue weighted by Crippen LogP contribution is 2.25. The molecule has 4 nitrogen and oxygen atoms in total. The summed E-state index contributed by atoms with van der Waals surface area (Å²) in [4.78, 5) is 27.6. The molecule has 0 radical (unpaired) electrons. The average molecular weight is 309 g/mol. The van der Waals surface area contributed by atoms with Crippen molar-refractivity contribution in [1.82, 2.24) is 4.90 Å². The van der Waals surface area contributed by atoms with Crippen LogP contribution in [0.5, 0.6) is 0 Å². The molecule has 1 aromatic rings. The predicted octanol–water partition coefficient (Wildman–Crippen LogP) is 2.87. The molecule has 0 aliphatic carbocycles. The number of amides is 1. The zero-order chi connectivity index (χ0) is 15.6. The van der Waals surface area contributed by atoms with Gasteiger partial charge >= 0.3 is 5.97 Å². The third-order valence-corrected chi connectivity index (χ3v) is 5.27. The van der Waals surface area contributed by atoms with Crippen molar-refractivity contribution < 1.29 is 14.7 Å². The molecule has 21 heavy (non-hydrogen) atoms. The van der Waals surface area contributed by atoms with Crippen LogP contribution in [0.2, 0.25) is 0 Å². The van der Waals surface area contributed by atoms with Crippen molar-refractivity contribution >= 4 is 23.2 Å². The zero-order valence-electron chi connectivity index (χ0n) is 12.9. The van der Waals surface area contributed by atoms with Crippen LogP contribution in [0.15, 0.2) is 6.07 Å². The second-order valence-electron chi connectivity index (χ2n) is 6.01. The lowest BCUT2D eigenvalue weighted by Gasteiger charge is -2.15. The average Bonchev–Trinajstić information content (AvgIpc) is 2.93. The Kier molecular flexibility index (Phi) is 5.04. The Hall–Kier alpha value is -1.36. The molecule has 116 valence electrons. The molecule has 1 amide bonds. The molecule has 2 rings (SSSR count). The monoisotopic (exact) mass is 309 g/mol. The number of hydrogen-bond acceptors (Lipinski definition) is 3. The fourth-order valence-electron chi connectivity index (χ4n) is 3.01. The van der Waals surface area contributed by atoms with Crippen molar-refractivity contribution in [1.29, 1.82) is 0 Å². The summed E-state index contributed by atoms with van der Waals surface area (Å²) in [5.74, 6) is -1.05. The van der Waals surface area contributed by atoms with Crippen molar-refractivity contribution in [3.8, 4) is 0 Å². The lowest BCUT2D eigenvalue weighted by Crippen LogP contribution is -2.29. The van der Waals surface area contributed by atoms with Gasteiger partial charge in [-0.15, -0.1) is 11.3 Å². The van der Waals surface area contributed by atoms with Gasteiger partial charge < -0.3 is 10.0 Å². The normalized spacial score (nSPS) is 21.8. The van der Waals surface area contributed by atoms with Crippen LogP contribution < -0.4 is 0 Å². The van der Waals surface area contributed by atoms with Crippen LogP contribution in [-0.2, 0) is 16.0 Å². The molecule has 0 unspecified atom stereocenters. The number of rotatable bonds is 5. The van der Waals surface area contributed by atoms with E-state index in [-0.39, 0.29) is 11.8 Å². The van der Waals surface area contributed by atoms with Gasteiger partial charge in [0.15, 0.2) is 0 Å². The van der Waals surface area contributed by atoms with E-state index in [0.717, 1.165) is 12.8 Å². The molecular weight excluding hydrogens is 286 g/mol. The smallest absolute Gasteiger partial charge is 0.308 e. The van der Waals surface area contributed by atoms with Crippen LogP contribution in [0, 0.1) is 25.7 Å². The summed E-state index contributed by atoms with van der Waals surface area (Å²) in [6, 6.07) is 2.20. The van der Waals surface area contributed by atoms with Gasteiger partial charge in [0.1, 0.15) is 0 Å². The minimum absolute atomic E-state index is 0.0493. The highest BCUT2D eigenvalue weighted by atomic mass is 32.1. The summed E-state index contributed by atoms with van der Waals surface area (Å²) in [6.07, 6.45) is 2.26. The van der Waals surface area contributed by atoms with E-state index in [4.69, 9.17) is 5.11 Å². The second kappa shape index (κ2) is 6.60. The molecule has 0 saturated carbocycles. The van der Waals surface area contributed by atoms with Crippen molar-refractivity contribution in [2.45, 2.75) is 40.0 Å². The number of nitrogens with zero attached hydrogens (tertiary/aromatic N) is 1. The Balaban J connectivity index is 1.80. The van der Waals surface area contributed by atoms with Crippen molar-refractivity contribution in [3.05, 3.63) is 21.4 Å². The molecule has 0 aromatic carbocycles. The number of aryl methyl sites for hydroxylation is 3. The van der Waals surface area contributed by atoms with Gasteiger partial charge in [-0.3, -0.25) is 9.59 Å². The Labute approximate surface area is 129 Å². The summed E-state index contributed by atoms with van der Waals surface area (Å²) >= 11 is 1.80. The van der Waals surface area contributed by atoms with E-state index in [1.807, 2.05) is 6.92 Å².